The van der Waals surface area contributed by atoms with Gasteiger partial charge in [-0.3, -0.25) is 9.59 Å². The average Bonchev–Trinajstić information content (AvgIpc) is 2.72. The van der Waals surface area contributed by atoms with Crippen LogP contribution in [0.1, 0.15) is 23.6 Å². The van der Waals surface area contributed by atoms with Crippen molar-refractivity contribution in [3.63, 3.8) is 0 Å². The van der Waals surface area contributed by atoms with Gasteiger partial charge in [-0.05, 0) is 41.5 Å². The number of hydrogen-bond acceptors (Lipinski definition) is 3. The van der Waals surface area contributed by atoms with E-state index in [1.807, 2.05) is 12.1 Å². The molecule has 7 nitrogen and oxygen atoms in total. The van der Waals surface area contributed by atoms with Crippen LogP contribution in [0.25, 0.3) is 0 Å². The maximum absolute atomic E-state index is 12.8. The highest BCUT2D eigenvalue weighted by molar-refractivity contribution is 6.31. The monoisotopic (exact) mass is 459 g/mol. The molecule has 0 fully saturated rings. The van der Waals surface area contributed by atoms with Crippen molar-refractivity contribution in [3.8, 4) is 0 Å². The molecule has 0 aliphatic heterocycles. The van der Waals surface area contributed by atoms with Crippen molar-refractivity contribution < 1.29 is 14.7 Å². The topological polar surface area (TPSA) is 100 Å². The SMILES string of the molecule is O=C(O)CC(NC(=O)Nc1cccn(Cc2ccccc2Cl)c1=O)c1ccc(Cl)cc1. The van der Waals surface area contributed by atoms with Gasteiger partial charge in [0.2, 0.25) is 0 Å². The van der Waals surface area contributed by atoms with Gasteiger partial charge in [-0.1, -0.05) is 53.5 Å². The van der Waals surface area contributed by atoms with Crippen LogP contribution < -0.4 is 16.2 Å². The van der Waals surface area contributed by atoms with E-state index in [0.717, 1.165) is 5.56 Å². The molecule has 1 unspecified atom stereocenters. The molecular weight excluding hydrogens is 441 g/mol. The van der Waals surface area contributed by atoms with Crippen LogP contribution in [0, 0.1) is 0 Å². The van der Waals surface area contributed by atoms with Crippen LogP contribution in [0.15, 0.2) is 71.7 Å². The summed E-state index contributed by atoms with van der Waals surface area (Å²) in [5.74, 6) is -1.08. The lowest BCUT2D eigenvalue weighted by atomic mass is 10.0. The summed E-state index contributed by atoms with van der Waals surface area (Å²) in [6.07, 6.45) is 1.26. The molecule has 0 aliphatic rings. The number of halogens is 2. The van der Waals surface area contributed by atoms with E-state index in [1.165, 1.54) is 10.6 Å². The third kappa shape index (κ3) is 6.10. The van der Waals surface area contributed by atoms with Crippen LogP contribution >= 0.6 is 23.2 Å². The summed E-state index contributed by atoms with van der Waals surface area (Å²) in [4.78, 5) is 36.5. The lowest BCUT2D eigenvalue weighted by Gasteiger charge is -2.18. The molecule has 0 radical (unpaired) electrons. The van der Waals surface area contributed by atoms with Gasteiger partial charge >= 0.3 is 12.0 Å². The van der Waals surface area contributed by atoms with Crippen molar-refractivity contribution in [1.82, 2.24) is 9.88 Å². The van der Waals surface area contributed by atoms with Crippen LogP contribution in [0.3, 0.4) is 0 Å². The van der Waals surface area contributed by atoms with Gasteiger partial charge in [-0.15, -0.1) is 0 Å². The van der Waals surface area contributed by atoms with Gasteiger partial charge in [0.1, 0.15) is 5.69 Å². The number of aliphatic carboxylic acids is 1. The molecule has 9 heteroatoms. The molecule has 2 aromatic carbocycles. The number of pyridine rings is 1. The van der Waals surface area contributed by atoms with Gasteiger partial charge in [-0.2, -0.15) is 0 Å². The van der Waals surface area contributed by atoms with Crippen LogP contribution in [0.4, 0.5) is 10.5 Å². The van der Waals surface area contributed by atoms with Crippen molar-refractivity contribution in [2.75, 3.05) is 5.32 Å². The number of nitrogens with one attached hydrogen (secondary N) is 2. The molecule has 0 spiro atoms. The highest BCUT2D eigenvalue weighted by Crippen LogP contribution is 2.20. The highest BCUT2D eigenvalue weighted by atomic mass is 35.5. The molecule has 1 aromatic heterocycles. The van der Waals surface area contributed by atoms with Gasteiger partial charge in [0.05, 0.1) is 19.0 Å². The molecule has 1 heterocycles. The van der Waals surface area contributed by atoms with E-state index in [2.05, 4.69) is 10.6 Å². The largest absolute Gasteiger partial charge is 0.481 e. The van der Waals surface area contributed by atoms with E-state index in [4.69, 9.17) is 23.2 Å². The number of rotatable bonds is 7. The molecule has 3 N–H and O–H groups in total. The summed E-state index contributed by atoms with van der Waals surface area (Å²) in [6.45, 7) is 0.238. The maximum Gasteiger partial charge on any atom is 0.319 e. The van der Waals surface area contributed by atoms with E-state index in [-0.39, 0.29) is 18.7 Å². The van der Waals surface area contributed by atoms with Gasteiger partial charge in [0.25, 0.3) is 5.56 Å². The van der Waals surface area contributed by atoms with Crippen LogP contribution in [-0.4, -0.2) is 21.7 Å². The van der Waals surface area contributed by atoms with E-state index in [1.54, 1.807) is 48.7 Å². The maximum atomic E-state index is 12.8. The van der Waals surface area contributed by atoms with E-state index in [0.29, 0.717) is 15.6 Å². The number of carbonyl (C=O) groups excluding carboxylic acids is 1. The standard InChI is InChI=1S/C22H19Cl2N3O4/c23-16-9-7-14(8-10-16)19(12-20(28)29)26-22(31)25-18-6-3-11-27(21(18)30)13-15-4-1-2-5-17(15)24/h1-11,19H,12-13H2,(H,28,29)(H2,25,26,31). The minimum atomic E-state index is -1.08. The Labute approximate surface area is 188 Å². The molecular formula is C22H19Cl2N3O4. The zero-order valence-corrected chi connectivity index (χ0v) is 17.7. The van der Waals surface area contributed by atoms with Crippen molar-refractivity contribution in [3.05, 3.63) is 98.4 Å². The summed E-state index contributed by atoms with van der Waals surface area (Å²) >= 11 is 12.0. The molecule has 0 bridgehead atoms. The summed E-state index contributed by atoms with van der Waals surface area (Å²) in [5.41, 5.74) is 0.972. The minimum Gasteiger partial charge on any atom is -0.481 e. The molecule has 3 aromatic rings. The van der Waals surface area contributed by atoms with E-state index >= 15 is 0 Å². The number of aromatic nitrogens is 1. The van der Waals surface area contributed by atoms with Gasteiger partial charge < -0.3 is 20.3 Å². The predicted octanol–water partition coefficient (Wildman–Crippen LogP) is 4.54. The number of benzene rings is 2. The lowest BCUT2D eigenvalue weighted by Crippen LogP contribution is -2.36. The van der Waals surface area contributed by atoms with Crippen molar-refractivity contribution >= 4 is 40.9 Å². The Morgan fingerprint density at radius 2 is 1.71 bits per heavy atom. The van der Waals surface area contributed by atoms with Gasteiger partial charge in [-0.25, -0.2) is 4.79 Å². The summed E-state index contributed by atoms with van der Waals surface area (Å²) in [7, 11) is 0. The van der Waals surface area contributed by atoms with Crippen molar-refractivity contribution in [1.29, 1.82) is 0 Å². The van der Waals surface area contributed by atoms with Crippen molar-refractivity contribution in [2.24, 2.45) is 0 Å². The van der Waals surface area contributed by atoms with Gasteiger partial charge in [0, 0.05) is 16.2 Å². The van der Waals surface area contributed by atoms with Gasteiger partial charge in [0.15, 0.2) is 0 Å². The first-order valence-electron chi connectivity index (χ1n) is 9.31. The van der Waals surface area contributed by atoms with Crippen LogP contribution in [0.2, 0.25) is 10.0 Å². The second-order valence-electron chi connectivity index (χ2n) is 6.75. The Hall–Kier alpha value is -3.29. The second kappa shape index (κ2) is 10.1. The van der Waals surface area contributed by atoms with E-state index < -0.39 is 23.6 Å². The summed E-state index contributed by atoms with van der Waals surface area (Å²) in [5, 5.41) is 15.3. The number of hydrogen-bond donors (Lipinski definition) is 3. The molecule has 0 aliphatic carbocycles. The van der Waals surface area contributed by atoms with Crippen LogP contribution in [0.5, 0.6) is 0 Å². The Morgan fingerprint density at radius 1 is 1.00 bits per heavy atom. The zero-order valence-electron chi connectivity index (χ0n) is 16.2. The fourth-order valence-corrected chi connectivity index (χ4v) is 3.33. The smallest absolute Gasteiger partial charge is 0.319 e. The molecule has 1 atom stereocenters. The third-order valence-corrected chi connectivity index (χ3v) is 5.14. The Balaban J connectivity index is 1.76. The molecule has 2 amide bonds. The average molecular weight is 460 g/mol. The molecule has 160 valence electrons. The third-order valence-electron chi connectivity index (χ3n) is 4.52. The number of nitrogens with zero attached hydrogens (tertiary/aromatic N) is 1. The Bertz CT molecular complexity index is 1150. The number of carboxylic acid groups (broad SMARTS) is 1. The Kier molecular flexibility index (Phi) is 7.33. The lowest BCUT2D eigenvalue weighted by molar-refractivity contribution is -0.137. The first-order chi connectivity index (χ1) is 14.8. The molecule has 0 saturated carbocycles. The number of carbonyl (C=O) groups is 2. The minimum absolute atomic E-state index is 0.0530. The quantitative estimate of drug-likeness (QED) is 0.482. The van der Waals surface area contributed by atoms with E-state index in [9.17, 15) is 19.5 Å². The van der Waals surface area contributed by atoms with Crippen LogP contribution in [-0.2, 0) is 11.3 Å². The number of amides is 2. The zero-order chi connectivity index (χ0) is 22.4. The molecule has 31 heavy (non-hydrogen) atoms. The second-order valence-corrected chi connectivity index (χ2v) is 7.59. The fourth-order valence-electron chi connectivity index (χ4n) is 3.01. The number of urea groups is 1. The number of carboxylic acids is 1. The number of anilines is 1. The first-order valence-corrected chi connectivity index (χ1v) is 10.1. The van der Waals surface area contributed by atoms with Crippen molar-refractivity contribution in [2.45, 2.75) is 19.0 Å². The molecule has 0 saturated heterocycles. The fraction of sp³-hybridized carbons (Fsp3) is 0.136. The first kappa shape index (κ1) is 22.4. The summed E-state index contributed by atoms with van der Waals surface area (Å²) in [6, 6.07) is 15.2. The molecule has 3 rings (SSSR count). The highest BCUT2D eigenvalue weighted by Gasteiger charge is 2.19. The summed E-state index contributed by atoms with van der Waals surface area (Å²) < 4.78 is 1.42. The normalized spacial score (nSPS) is 11.5. The predicted molar refractivity (Wildman–Crippen MR) is 120 cm³/mol. The Morgan fingerprint density at radius 3 is 2.39 bits per heavy atom.